The third kappa shape index (κ3) is 4.05. The van der Waals surface area contributed by atoms with Crippen molar-refractivity contribution in [3.8, 4) is 22.3 Å². The molecule has 56 heavy (non-hydrogen) atoms. The van der Waals surface area contributed by atoms with Gasteiger partial charge in [0, 0.05) is 44.2 Å². The van der Waals surface area contributed by atoms with Gasteiger partial charge in [-0.05, 0) is 93.6 Å². The minimum absolute atomic E-state index is 0.0202. The fourth-order valence-corrected chi connectivity index (χ4v) is 11.4. The molecule has 3 nitrogen and oxygen atoms in total. The second-order valence-corrected chi connectivity index (χ2v) is 18.4. The molecule has 7 aromatic carbocycles. The number of anilines is 4. The lowest BCUT2D eigenvalue weighted by Gasteiger charge is -2.53. The summed E-state index contributed by atoms with van der Waals surface area (Å²) >= 11 is 0. The molecule has 0 radical (unpaired) electrons. The summed E-state index contributed by atoms with van der Waals surface area (Å²) in [6.45, 7) is 12.3. The van der Waals surface area contributed by atoms with Crippen molar-refractivity contribution in [3.05, 3.63) is 145 Å². The standard InChI is InChI=1S/C52H45BN2O/c1-50(2,3)35-29-42-47-43(30-35)53-45-40(31-41-38-19-11-12-20-44(38)56-49(41)48(45)54(47)52(5)28-14-13-27-51(42,52)4)39-26-23-34-17-9-10-18-37(34)46(39)55(53)36-24-21-33(22-25-36)32-15-7-6-8-16-32/h6-12,15-26,29-31H,13-14,27-28H2,1-5H3. The number of rotatable bonds is 2. The van der Waals surface area contributed by atoms with Crippen LogP contribution in [0.15, 0.2) is 138 Å². The molecule has 8 aromatic rings. The van der Waals surface area contributed by atoms with Crippen LogP contribution in [0.4, 0.5) is 22.7 Å². The zero-order chi connectivity index (χ0) is 37.7. The monoisotopic (exact) mass is 724 g/mol. The van der Waals surface area contributed by atoms with E-state index in [1.54, 1.807) is 0 Å². The van der Waals surface area contributed by atoms with Crippen molar-refractivity contribution in [1.82, 2.24) is 0 Å². The average Bonchev–Trinajstić information content (AvgIpc) is 3.69. The van der Waals surface area contributed by atoms with E-state index >= 15 is 0 Å². The summed E-state index contributed by atoms with van der Waals surface area (Å²) in [6, 6.07) is 50.2. The van der Waals surface area contributed by atoms with E-state index in [9.17, 15) is 0 Å². The highest BCUT2D eigenvalue weighted by Gasteiger charge is 2.62. The maximum absolute atomic E-state index is 7.13. The van der Waals surface area contributed by atoms with Gasteiger partial charge in [0.15, 0.2) is 5.58 Å². The Morgan fingerprint density at radius 1 is 0.625 bits per heavy atom. The molecule has 12 rings (SSSR count). The molecule has 3 aliphatic heterocycles. The number of para-hydroxylation sites is 1. The summed E-state index contributed by atoms with van der Waals surface area (Å²) in [5.41, 5.74) is 17.8. The van der Waals surface area contributed by atoms with Gasteiger partial charge in [-0.15, -0.1) is 0 Å². The molecular formula is C52H45BN2O. The zero-order valence-corrected chi connectivity index (χ0v) is 32.9. The summed E-state index contributed by atoms with van der Waals surface area (Å²) in [6.07, 6.45) is 4.81. The van der Waals surface area contributed by atoms with Crippen LogP contribution < -0.4 is 20.6 Å². The topological polar surface area (TPSA) is 19.6 Å². The summed E-state index contributed by atoms with van der Waals surface area (Å²) in [5.74, 6) is 0. The molecule has 0 spiro atoms. The predicted molar refractivity (Wildman–Crippen MR) is 237 cm³/mol. The Hall–Kier alpha value is -5.74. The number of hydrogen-bond acceptors (Lipinski definition) is 3. The molecule has 1 saturated carbocycles. The van der Waals surface area contributed by atoms with Crippen molar-refractivity contribution in [2.24, 2.45) is 0 Å². The van der Waals surface area contributed by atoms with Crippen molar-refractivity contribution in [3.63, 3.8) is 0 Å². The van der Waals surface area contributed by atoms with Gasteiger partial charge in [-0.2, -0.15) is 0 Å². The van der Waals surface area contributed by atoms with E-state index in [1.807, 2.05) is 0 Å². The highest BCUT2D eigenvalue weighted by Crippen LogP contribution is 2.64. The first-order valence-corrected chi connectivity index (χ1v) is 20.6. The van der Waals surface area contributed by atoms with Crippen LogP contribution in [0.1, 0.15) is 71.4 Å². The fourth-order valence-electron chi connectivity index (χ4n) is 11.4. The molecule has 1 fully saturated rings. The largest absolute Gasteiger partial charge is 0.454 e. The van der Waals surface area contributed by atoms with Gasteiger partial charge < -0.3 is 14.1 Å². The van der Waals surface area contributed by atoms with Crippen molar-refractivity contribution in [2.75, 3.05) is 9.71 Å². The zero-order valence-electron chi connectivity index (χ0n) is 32.9. The molecule has 0 saturated heterocycles. The molecule has 1 aromatic heterocycles. The van der Waals surface area contributed by atoms with Gasteiger partial charge >= 0.3 is 6.85 Å². The molecule has 0 N–H and O–H groups in total. The Bertz CT molecular complexity index is 2960. The van der Waals surface area contributed by atoms with E-state index in [2.05, 4.69) is 178 Å². The molecule has 4 aliphatic rings. The first-order valence-electron chi connectivity index (χ1n) is 20.6. The van der Waals surface area contributed by atoms with Crippen molar-refractivity contribution < 1.29 is 4.42 Å². The van der Waals surface area contributed by atoms with Crippen molar-refractivity contribution in [2.45, 2.75) is 76.7 Å². The highest BCUT2D eigenvalue weighted by atomic mass is 16.3. The van der Waals surface area contributed by atoms with E-state index in [0.717, 1.165) is 17.6 Å². The summed E-state index contributed by atoms with van der Waals surface area (Å²) in [5, 5.41) is 4.93. The first kappa shape index (κ1) is 32.5. The van der Waals surface area contributed by atoms with Crippen LogP contribution in [-0.4, -0.2) is 12.4 Å². The van der Waals surface area contributed by atoms with Crippen molar-refractivity contribution >= 4 is 73.2 Å². The first-order chi connectivity index (χ1) is 27.2. The lowest BCUT2D eigenvalue weighted by atomic mass is 9.43. The highest BCUT2D eigenvalue weighted by molar-refractivity contribution is 6.94. The van der Waals surface area contributed by atoms with Gasteiger partial charge in [0.2, 0.25) is 0 Å². The molecule has 4 heterocycles. The van der Waals surface area contributed by atoms with Crippen LogP contribution in [0.25, 0.3) is 55.0 Å². The van der Waals surface area contributed by atoms with Crippen LogP contribution in [0, 0.1) is 0 Å². The van der Waals surface area contributed by atoms with E-state index in [4.69, 9.17) is 4.42 Å². The van der Waals surface area contributed by atoms with E-state index < -0.39 is 0 Å². The van der Waals surface area contributed by atoms with Crippen LogP contribution in [0.3, 0.4) is 0 Å². The van der Waals surface area contributed by atoms with Crippen LogP contribution >= 0.6 is 0 Å². The predicted octanol–water partition coefficient (Wildman–Crippen LogP) is 12.7. The van der Waals surface area contributed by atoms with E-state index in [-0.39, 0.29) is 23.2 Å². The molecule has 272 valence electrons. The Morgan fingerprint density at radius 2 is 1.34 bits per heavy atom. The average molecular weight is 725 g/mol. The molecule has 4 heteroatoms. The Labute approximate surface area is 329 Å². The lowest BCUT2D eigenvalue weighted by molar-refractivity contribution is 0.195. The quantitative estimate of drug-likeness (QED) is 0.166. The SMILES string of the molecule is CC(C)(C)c1cc2c3c(c1)C1(C)CCCCC1(C)N3c1c3c(cc4c1oc1ccccc14)-c1ccc4ccccc4c1N(c1ccc(-c4ccccc4)cc1)B23. The maximum atomic E-state index is 7.13. The number of furan rings is 1. The van der Waals surface area contributed by atoms with E-state index in [0.29, 0.717) is 0 Å². The normalized spacial score (nSPS) is 20.7. The maximum Gasteiger partial charge on any atom is 0.333 e. The summed E-state index contributed by atoms with van der Waals surface area (Å²) in [4.78, 5) is 5.53. The Balaban J connectivity index is 1.27. The number of nitrogens with zero attached hydrogens (tertiary/aromatic N) is 2. The number of benzene rings is 7. The molecule has 2 atom stereocenters. The van der Waals surface area contributed by atoms with Crippen LogP contribution in [-0.2, 0) is 10.8 Å². The molecule has 2 unspecified atom stereocenters. The number of hydrogen-bond donors (Lipinski definition) is 0. The van der Waals surface area contributed by atoms with Gasteiger partial charge in [0.1, 0.15) is 5.58 Å². The summed E-state index contributed by atoms with van der Waals surface area (Å²) in [7, 11) is 0. The Morgan fingerprint density at radius 3 is 2.14 bits per heavy atom. The van der Waals surface area contributed by atoms with Gasteiger partial charge in [-0.3, -0.25) is 0 Å². The Kier molecular flexibility index (Phi) is 6.37. The minimum atomic E-state index is -0.114. The summed E-state index contributed by atoms with van der Waals surface area (Å²) < 4.78 is 7.13. The van der Waals surface area contributed by atoms with Gasteiger partial charge in [-0.1, -0.05) is 150 Å². The second kappa shape index (κ2) is 11.0. The molecule has 0 bridgehead atoms. The minimum Gasteiger partial charge on any atom is -0.454 e. The van der Waals surface area contributed by atoms with Gasteiger partial charge in [0.25, 0.3) is 0 Å². The van der Waals surface area contributed by atoms with Gasteiger partial charge in [0.05, 0.1) is 11.2 Å². The molecular weight excluding hydrogens is 679 g/mol. The molecule has 1 aliphatic carbocycles. The smallest absolute Gasteiger partial charge is 0.333 e. The number of fused-ring (bicyclic) bond motifs is 13. The van der Waals surface area contributed by atoms with Crippen LogP contribution in [0.5, 0.6) is 0 Å². The van der Waals surface area contributed by atoms with Gasteiger partial charge in [-0.25, -0.2) is 0 Å². The molecule has 0 amide bonds. The van der Waals surface area contributed by atoms with E-state index in [1.165, 1.54) is 108 Å². The third-order valence-corrected chi connectivity index (χ3v) is 14.5. The van der Waals surface area contributed by atoms with Crippen molar-refractivity contribution in [1.29, 1.82) is 0 Å². The second-order valence-electron chi connectivity index (χ2n) is 18.4. The lowest BCUT2D eigenvalue weighted by Crippen LogP contribution is -2.64. The third-order valence-electron chi connectivity index (χ3n) is 14.5. The fraction of sp³-hybridized carbons (Fsp3) is 0.231. The van der Waals surface area contributed by atoms with Crippen LogP contribution in [0.2, 0.25) is 0 Å².